The summed E-state index contributed by atoms with van der Waals surface area (Å²) in [7, 11) is -1.74. The van der Waals surface area contributed by atoms with Gasteiger partial charge in [0.15, 0.2) is 0 Å². The first-order chi connectivity index (χ1) is 5.22. The van der Waals surface area contributed by atoms with Crippen LogP contribution in [0.2, 0.25) is 0 Å². The third kappa shape index (κ3) is 2.14. The van der Waals surface area contributed by atoms with Crippen molar-refractivity contribution in [3.05, 3.63) is 40.4 Å². The fourth-order valence-corrected chi connectivity index (χ4v) is 1.59. The predicted octanol–water partition coefficient (Wildman–Crippen LogP) is 2.14. The van der Waals surface area contributed by atoms with E-state index in [1.165, 1.54) is 0 Å². The molecule has 0 amide bonds. The van der Waals surface area contributed by atoms with Crippen LogP contribution >= 0.6 is 18.7 Å². The Bertz CT molecular complexity index is 254. The maximum Gasteiger partial charge on any atom is 0.378 e. The van der Waals surface area contributed by atoms with E-state index in [1.54, 1.807) is 30.3 Å². The van der Waals surface area contributed by atoms with Gasteiger partial charge in [-0.15, -0.1) is 0 Å². The topological polar surface area (TPSA) is 43.1 Å². The number of hydrogen-bond donors (Lipinski definition) is 0. The summed E-state index contributed by atoms with van der Waals surface area (Å²) < 4.78 is -0.466. The first-order valence-electron chi connectivity index (χ1n) is 2.87. The van der Waals surface area contributed by atoms with E-state index >= 15 is 0 Å². The molecule has 0 aliphatic rings. The number of hydrogen-bond acceptors (Lipinski definition) is 2. The summed E-state index contributed by atoms with van der Waals surface area (Å²) in [6.45, 7) is 0. The van der Waals surface area contributed by atoms with Crippen LogP contribution < -0.4 is 5.30 Å². The quantitative estimate of drug-likeness (QED) is 0.406. The zero-order valence-corrected chi connectivity index (χ0v) is 7.13. The summed E-state index contributed by atoms with van der Waals surface area (Å²) in [4.78, 5) is 10.2. The molecular formula is C6H5ClNO2P. The van der Waals surface area contributed by atoms with Crippen molar-refractivity contribution in [3.8, 4) is 0 Å². The van der Waals surface area contributed by atoms with E-state index in [4.69, 9.17) is 11.2 Å². The highest BCUT2D eigenvalue weighted by molar-refractivity contribution is 7.85. The standard InChI is InChI=1S/C6H5ClNO2P/c7-11(8(9)10)6-4-2-1-3-5-6/h1-5H. The second kappa shape index (κ2) is 3.65. The van der Waals surface area contributed by atoms with Gasteiger partial charge in [0, 0.05) is 0 Å². The molecule has 0 bridgehead atoms. The Hall–Kier alpha value is -0.660. The number of benzene rings is 1. The van der Waals surface area contributed by atoms with Gasteiger partial charge in [0.05, 0.1) is 10.00 Å². The summed E-state index contributed by atoms with van der Waals surface area (Å²) in [6.07, 6.45) is 0. The predicted molar refractivity (Wildman–Crippen MR) is 45.8 cm³/mol. The first-order valence-corrected chi connectivity index (χ1v) is 5.07. The minimum atomic E-state index is -1.74. The Morgan fingerprint density at radius 2 is 1.91 bits per heavy atom. The van der Waals surface area contributed by atoms with E-state index in [0.29, 0.717) is 5.30 Å². The van der Waals surface area contributed by atoms with Crippen molar-refractivity contribution >= 4 is 24.0 Å². The highest BCUT2D eigenvalue weighted by atomic mass is 35.7. The summed E-state index contributed by atoms with van der Waals surface area (Å²) in [5.41, 5.74) is 0. The fourth-order valence-electron chi connectivity index (χ4n) is 0.645. The van der Waals surface area contributed by atoms with Gasteiger partial charge in [-0.25, -0.2) is 0 Å². The molecule has 1 rings (SSSR count). The third-order valence-corrected chi connectivity index (χ3v) is 3.08. The number of halogens is 1. The molecule has 0 saturated heterocycles. The van der Waals surface area contributed by atoms with Gasteiger partial charge >= 0.3 is 7.43 Å². The molecule has 1 unspecified atom stereocenters. The second-order valence-corrected chi connectivity index (χ2v) is 4.16. The first kappa shape index (κ1) is 8.44. The van der Waals surface area contributed by atoms with Crippen LogP contribution in [0.15, 0.2) is 30.3 Å². The SMILES string of the molecule is O=[N+]([O-])P(Cl)c1ccccc1. The van der Waals surface area contributed by atoms with Gasteiger partial charge in [-0.05, 0) is 23.4 Å². The Kier molecular flexibility index (Phi) is 2.80. The van der Waals surface area contributed by atoms with Crippen molar-refractivity contribution < 1.29 is 4.69 Å². The van der Waals surface area contributed by atoms with E-state index in [-0.39, 0.29) is 0 Å². The molecule has 0 aromatic heterocycles. The lowest BCUT2D eigenvalue weighted by Gasteiger charge is -1.96. The van der Waals surface area contributed by atoms with Crippen molar-refractivity contribution in [2.75, 3.05) is 0 Å². The van der Waals surface area contributed by atoms with E-state index in [0.717, 1.165) is 0 Å². The van der Waals surface area contributed by atoms with E-state index in [9.17, 15) is 10.1 Å². The molecule has 0 spiro atoms. The molecule has 0 aliphatic carbocycles. The van der Waals surface area contributed by atoms with Crippen LogP contribution in [-0.4, -0.2) is 4.69 Å². The lowest BCUT2D eigenvalue weighted by Crippen LogP contribution is -2.01. The number of rotatable bonds is 2. The van der Waals surface area contributed by atoms with Crippen LogP contribution in [0, 0.1) is 10.1 Å². The van der Waals surface area contributed by atoms with Gasteiger partial charge in [0.2, 0.25) is 0 Å². The summed E-state index contributed by atoms with van der Waals surface area (Å²) in [5, 5.41) is 10.8. The van der Waals surface area contributed by atoms with Gasteiger partial charge in [-0.3, -0.25) is 10.1 Å². The summed E-state index contributed by atoms with van der Waals surface area (Å²) in [5.74, 6) is 0. The third-order valence-electron chi connectivity index (χ3n) is 1.11. The maximum absolute atomic E-state index is 10.2. The lowest BCUT2D eigenvalue weighted by atomic mass is 10.4. The monoisotopic (exact) mass is 189 g/mol. The largest absolute Gasteiger partial charge is 0.378 e. The zero-order valence-electron chi connectivity index (χ0n) is 5.48. The van der Waals surface area contributed by atoms with Crippen molar-refractivity contribution in [3.63, 3.8) is 0 Å². The fraction of sp³-hybridized carbons (Fsp3) is 0. The van der Waals surface area contributed by atoms with Crippen LogP contribution in [0.1, 0.15) is 0 Å². The lowest BCUT2D eigenvalue weighted by molar-refractivity contribution is -0.296. The van der Waals surface area contributed by atoms with Gasteiger partial charge in [0.25, 0.3) is 0 Å². The van der Waals surface area contributed by atoms with E-state index < -0.39 is 12.1 Å². The molecule has 0 N–H and O–H groups in total. The molecule has 1 atom stereocenters. The molecule has 58 valence electrons. The maximum atomic E-state index is 10.2. The zero-order chi connectivity index (χ0) is 8.27. The van der Waals surface area contributed by atoms with Gasteiger partial charge < -0.3 is 0 Å². The Morgan fingerprint density at radius 1 is 1.36 bits per heavy atom. The molecule has 1 aromatic rings. The average molecular weight is 190 g/mol. The van der Waals surface area contributed by atoms with Crippen LogP contribution in [-0.2, 0) is 0 Å². The van der Waals surface area contributed by atoms with Crippen molar-refractivity contribution in [1.82, 2.24) is 0 Å². The minimum Gasteiger partial charge on any atom is -0.262 e. The molecule has 5 heteroatoms. The molecule has 3 nitrogen and oxygen atoms in total. The summed E-state index contributed by atoms with van der Waals surface area (Å²) >= 11 is 5.51. The molecule has 0 aliphatic heterocycles. The normalized spacial score (nSPS) is 12.5. The van der Waals surface area contributed by atoms with Crippen LogP contribution in [0.25, 0.3) is 0 Å². The van der Waals surface area contributed by atoms with Crippen molar-refractivity contribution in [2.24, 2.45) is 0 Å². The molecule has 0 fully saturated rings. The second-order valence-electron chi connectivity index (χ2n) is 1.83. The number of nitrogens with zero attached hydrogens (tertiary/aromatic N) is 1. The molecule has 0 saturated carbocycles. The Morgan fingerprint density at radius 3 is 2.36 bits per heavy atom. The smallest absolute Gasteiger partial charge is 0.262 e. The molecular weight excluding hydrogens is 184 g/mol. The van der Waals surface area contributed by atoms with Gasteiger partial charge in [0.1, 0.15) is 0 Å². The molecule has 11 heavy (non-hydrogen) atoms. The van der Waals surface area contributed by atoms with Crippen LogP contribution in [0.3, 0.4) is 0 Å². The minimum absolute atomic E-state index is 0.466. The van der Waals surface area contributed by atoms with Gasteiger partial charge in [-0.1, -0.05) is 18.2 Å². The molecule has 0 radical (unpaired) electrons. The van der Waals surface area contributed by atoms with Crippen LogP contribution in [0.4, 0.5) is 0 Å². The summed E-state index contributed by atoms with van der Waals surface area (Å²) in [6, 6.07) is 8.57. The van der Waals surface area contributed by atoms with E-state index in [1.807, 2.05) is 0 Å². The highest BCUT2D eigenvalue weighted by Crippen LogP contribution is 2.39. The van der Waals surface area contributed by atoms with Gasteiger partial charge in [-0.2, -0.15) is 0 Å². The molecule has 0 heterocycles. The number of nitro groups is 1. The average Bonchev–Trinajstić information content (AvgIpc) is 2.05. The Labute approximate surface area is 69.7 Å². The highest BCUT2D eigenvalue weighted by Gasteiger charge is 2.20. The molecule has 1 aromatic carbocycles. The van der Waals surface area contributed by atoms with E-state index in [2.05, 4.69) is 0 Å². The Balaban J connectivity index is 2.85. The van der Waals surface area contributed by atoms with Crippen molar-refractivity contribution in [1.29, 1.82) is 0 Å². The van der Waals surface area contributed by atoms with Crippen LogP contribution in [0.5, 0.6) is 0 Å². The van der Waals surface area contributed by atoms with Crippen molar-refractivity contribution in [2.45, 2.75) is 0 Å².